The molecule has 0 aliphatic heterocycles. The molecule has 20 heavy (non-hydrogen) atoms. The summed E-state index contributed by atoms with van der Waals surface area (Å²) >= 11 is 0. The molecule has 4 nitrogen and oxygen atoms in total. The Morgan fingerprint density at radius 2 is 1.60 bits per heavy atom. The van der Waals surface area contributed by atoms with Crippen molar-refractivity contribution in [3.63, 3.8) is 0 Å². The van der Waals surface area contributed by atoms with Gasteiger partial charge in [-0.1, -0.05) is 41.5 Å². The number of carbonyl (C=O) groups is 2. The predicted octanol–water partition coefficient (Wildman–Crippen LogP) is 3.07. The molecule has 1 rings (SSSR count). The average molecular weight is 283 g/mol. The van der Waals surface area contributed by atoms with Crippen molar-refractivity contribution in [1.29, 1.82) is 0 Å². The quantitative estimate of drug-likeness (QED) is 0.754. The van der Waals surface area contributed by atoms with Gasteiger partial charge in [0.05, 0.1) is 0 Å². The lowest BCUT2D eigenvalue weighted by atomic mass is 9.84. The zero-order valence-corrected chi connectivity index (χ0v) is 13.7. The summed E-state index contributed by atoms with van der Waals surface area (Å²) in [6, 6.07) is 0. The topological polar surface area (TPSA) is 66.4 Å². The van der Waals surface area contributed by atoms with E-state index in [4.69, 9.17) is 5.11 Å². The molecule has 0 atom stereocenters. The lowest BCUT2D eigenvalue weighted by Crippen LogP contribution is -2.31. The van der Waals surface area contributed by atoms with E-state index in [0.717, 1.165) is 6.42 Å². The Bertz CT molecular complexity index is 383. The molecule has 0 bridgehead atoms. The molecule has 0 aromatic rings. The van der Waals surface area contributed by atoms with Gasteiger partial charge in [-0.05, 0) is 29.1 Å². The molecule has 1 saturated carbocycles. The average Bonchev–Trinajstić information content (AvgIpc) is 2.66. The third kappa shape index (κ3) is 3.53. The van der Waals surface area contributed by atoms with Gasteiger partial charge in [0.15, 0.2) is 0 Å². The molecule has 1 aliphatic rings. The number of carboxylic acids is 1. The molecule has 0 aromatic carbocycles. The summed E-state index contributed by atoms with van der Waals surface area (Å²) in [7, 11) is 0. The SMILES string of the molecule is CC(C)(CCNC(=O)C1C(C)(C)C1(C)C)CCC(=O)O. The predicted molar refractivity (Wildman–Crippen MR) is 79.3 cm³/mol. The molecule has 0 spiro atoms. The van der Waals surface area contributed by atoms with Crippen LogP contribution in [-0.2, 0) is 9.59 Å². The van der Waals surface area contributed by atoms with Crippen LogP contribution >= 0.6 is 0 Å². The number of amides is 1. The van der Waals surface area contributed by atoms with Crippen molar-refractivity contribution in [2.45, 2.75) is 60.8 Å². The first kappa shape index (κ1) is 17.0. The Hall–Kier alpha value is -1.06. The molecular formula is C16H29NO3. The van der Waals surface area contributed by atoms with Crippen molar-refractivity contribution >= 4 is 11.9 Å². The van der Waals surface area contributed by atoms with E-state index in [-0.39, 0.29) is 34.5 Å². The van der Waals surface area contributed by atoms with Gasteiger partial charge < -0.3 is 10.4 Å². The summed E-state index contributed by atoms with van der Waals surface area (Å²) in [5, 5.41) is 11.7. The monoisotopic (exact) mass is 283 g/mol. The summed E-state index contributed by atoms with van der Waals surface area (Å²) in [5.74, 6) is -0.547. The van der Waals surface area contributed by atoms with Crippen LogP contribution in [0.2, 0.25) is 0 Å². The lowest BCUT2D eigenvalue weighted by Gasteiger charge is -2.24. The molecule has 2 N–H and O–H groups in total. The zero-order valence-electron chi connectivity index (χ0n) is 13.7. The van der Waals surface area contributed by atoms with Crippen LogP contribution in [0.5, 0.6) is 0 Å². The van der Waals surface area contributed by atoms with E-state index in [0.29, 0.717) is 13.0 Å². The van der Waals surface area contributed by atoms with Gasteiger partial charge in [-0.15, -0.1) is 0 Å². The van der Waals surface area contributed by atoms with Crippen LogP contribution in [0.15, 0.2) is 0 Å². The highest BCUT2D eigenvalue weighted by Crippen LogP contribution is 2.68. The van der Waals surface area contributed by atoms with E-state index in [1.54, 1.807) is 0 Å². The molecule has 4 heteroatoms. The van der Waals surface area contributed by atoms with E-state index < -0.39 is 5.97 Å². The number of hydrogen-bond donors (Lipinski definition) is 2. The highest BCUT2D eigenvalue weighted by atomic mass is 16.4. The Labute approximate surface area is 122 Å². The second-order valence-electron chi connectivity index (χ2n) is 7.98. The van der Waals surface area contributed by atoms with Crippen molar-refractivity contribution in [1.82, 2.24) is 5.32 Å². The van der Waals surface area contributed by atoms with Crippen LogP contribution in [0, 0.1) is 22.2 Å². The van der Waals surface area contributed by atoms with E-state index in [1.807, 2.05) is 13.8 Å². The third-order valence-electron chi connectivity index (χ3n) is 5.40. The van der Waals surface area contributed by atoms with Gasteiger partial charge in [-0.2, -0.15) is 0 Å². The summed E-state index contributed by atoms with van der Waals surface area (Å²) < 4.78 is 0. The molecule has 0 heterocycles. The Morgan fingerprint density at radius 3 is 2.00 bits per heavy atom. The summed E-state index contributed by atoms with van der Waals surface area (Å²) in [6.07, 6.45) is 1.63. The summed E-state index contributed by atoms with van der Waals surface area (Å²) in [4.78, 5) is 22.8. The minimum Gasteiger partial charge on any atom is -0.481 e. The van der Waals surface area contributed by atoms with Gasteiger partial charge in [0, 0.05) is 18.9 Å². The van der Waals surface area contributed by atoms with Gasteiger partial charge in [-0.3, -0.25) is 9.59 Å². The largest absolute Gasteiger partial charge is 0.481 e. The summed E-state index contributed by atoms with van der Waals surface area (Å²) in [6.45, 7) is 13.2. The highest BCUT2D eigenvalue weighted by molar-refractivity contribution is 5.84. The number of rotatable bonds is 7. The standard InChI is InChI=1S/C16H29NO3/c1-14(2,8-7-11(18)19)9-10-17-13(20)12-15(3,4)16(12,5)6/h12H,7-10H2,1-6H3,(H,17,20)(H,18,19). The van der Waals surface area contributed by atoms with Crippen molar-refractivity contribution in [3.05, 3.63) is 0 Å². The first-order chi connectivity index (χ1) is 8.92. The van der Waals surface area contributed by atoms with E-state index in [1.165, 1.54) is 0 Å². The molecule has 1 aliphatic carbocycles. The minimum absolute atomic E-state index is 0.0553. The third-order valence-corrected chi connectivity index (χ3v) is 5.40. The van der Waals surface area contributed by atoms with E-state index in [9.17, 15) is 9.59 Å². The van der Waals surface area contributed by atoms with Gasteiger partial charge in [-0.25, -0.2) is 0 Å². The maximum absolute atomic E-state index is 12.2. The van der Waals surface area contributed by atoms with Crippen LogP contribution < -0.4 is 5.32 Å². The number of aliphatic carboxylic acids is 1. The van der Waals surface area contributed by atoms with E-state index in [2.05, 4.69) is 33.0 Å². The van der Waals surface area contributed by atoms with E-state index >= 15 is 0 Å². The smallest absolute Gasteiger partial charge is 0.303 e. The fourth-order valence-electron chi connectivity index (χ4n) is 3.05. The minimum atomic E-state index is -0.761. The molecule has 116 valence electrons. The number of hydrogen-bond acceptors (Lipinski definition) is 2. The van der Waals surface area contributed by atoms with Crippen LogP contribution in [0.1, 0.15) is 60.8 Å². The van der Waals surface area contributed by atoms with Crippen molar-refractivity contribution < 1.29 is 14.7 Å². The van der Waals surface area contributed by atoms with Gasteiger partial charge in [0.25, 0.3) is 0 Å². The van der Waals surface area contributed by atoms with Crippen LogP contribution in [0.3, 0.4) is 0 Å². The van der Waals surface area contributed by atoms with Crippen molar-refractivity contribution in [2.75, 3.05) is 6.54 Å². The first-order valence-corrected chi connectivity index (χ1v) is 7.41. The Balaban J connectivity index is 2.35. The Kier molecular flexibility index (Phi) is 4.57. The van der Waals surface area contributed by atoms with Crippen molar-refractivity contribution in [2.24, 2.45) is 22.2 Å². The highest BCUT2D eigenvalue weighted by Gasteiger charge is 2.68. The van der Waals surface area contributed by atoms with Crippen LogP contribution in [-0.4, -0.2) is 23.5 Å². The second-order valence-corrected chi connectivity index (χ2v) is 7.98. The molecule has 0 aromatic heterocycles. The molecular weight excluding hydrogens is 254 g/mol. The zero-order chi connectivity index (χ0) is 15.8. The number of carboxylic acid groups (broad SMARTS) is 1. The fourth-order valence-corrected chi connectivity index (χ4v) is 3.05. The molecule has 0 saturated heterocycles. The van der Waals surface area contributed by atoms with Gasteiger partial charge >= 0.3 is 5.97 Å². The summed E-state index contributed by atoms with van der Waals surface area (Å²) in [5.41, 5.74) is 0.0755. The molecule has 0 radical (unpaired) electrons. The molecule has 0 unspecified atom stereocenters. The second kappa shape index (κ2) is 5.38. The molecule has 1 amide bonds. The maximum atomic E-state index is 12.2. The van der Waals surface area contributed by atoms with Crippen LogP contribution in [0.4, 0.5) is 0 Å². The molecule has 1 fully saturated rings. The number of nitrogens with one attached hydrogen (secondary N) is 1. The van der Waals surface area contributed by atoms with Crippen LogP contribution in [0.25, 0.3) is 0 Å². The number of carbonyl (C=O) groups excluding carboxylic acids is 1. The van der Waals surface area contributed by atoms with Crippen molar-refractivity contribution in [3.8, 4) is 0 Å². The Morgan fingerprint density at radius 1 is 1.10 bits per heavy atom. The van der Waals surface area contributed by atoms with Gasteiger partial charge in [0.2, 0.25) is 5.91 Å². The first-order valence-electron chi connectivity index (χ1n) is 7.41. The normalized spacial score (nSPS) is 20.5. The fraction of sp³-hybridized carbons (Fsp3) is 0.875. The lowest BCUT2D eigenvalue weighted by molar-refractivity contribution is -0.137. The van der Waals surface area contributed by atoms with Gasteiger partial charge in [0.1, 0.15) is 0 Å². The maximum Gasteiger partial charge on any atom is 0.303 e.